The van der Waals surface area contributed by atoms with E-state index in [2.05, 4.69) is 38.1 Å². The summed E-state index contributed by atoms with van der Waals surface area (Å²) in [7, 11) is 0. The maximum absolute atomic E-state index is 6.99. The molecule has 2 atom stereocenters. The highest BCUT2D eigenvalue weighted by molar-refractivity contribution is 5.56. The van der Waals surface area contributed by atoms with Crippen molar-refractivity contribution in [1.82, 2.24) is 0 Å². The Morgan fingerprint density at radius 3 is 1.35 bits per heavy atom. The van der Waals surface area contributed by atoms with Crippen molar-refractivity contribution in [3.05, 3.63) is 130 Å². The van der Waals surface area contributed by atoms with Crippen molar-refractivity contribution in [1.29, 1.82) is 0 Å². The largest absolute Gasteiger partial charge is 0.453 e. The number of hydrogen-bond donors (Lipinski definition) is 0. The lowest BCUT2D eigenvalue weighted by atomic mass is 9.86. The molecule has 0 N–H and O–H groups in total. The Kier molecular flexibility index (Phi) is 3.80. The number of aryl methyl sites for hydroxylation is 2. The maximum atomic E-state index is 6.99. The fourth-order valence-corrected chi connectivity index (χ4v) is 4.62. The Hall–Kier alpha value is -3.56. The van der Waals surface area contributed by atoms with Crippen LogP contribution in [0.1, 0.15) is 33.4 Å². The standard InChI is InChI=1S/C28H22O3/c1-19-13-15-25-23(17-19)27(21-9-5-3-6-10-21)30-26-16-14-20(2)18-24(26)28(29-25,31-27)22-11-7-4-8-12-22/h3-18H,1-2H3/t27-,28-/m1/s1. The molecule has 0 radical (unpaired) electrons. The van der Waals surface area contributed by atoms with Crippen LogP contribution in [0, 0.1) is 13.8 Å². The van der Waals surface area contributed by atoms with Crippen LogP contribution in [0.3, 0.4) is 0 Å². The molecule has 0 saturated carbocycles. The fraction of sp³-hybridized carbons (Fsp3) is 0.143. The van der Waals surface area contributed by atoms with Crippen LogP contribution in [0.15, 0.2) is 97.1 Å². The topological polar surface area (TPSA) is 27.7 Å². The molecule has 3 heteroatoms. The van der Waals surface area contributed by atoms with Gasteiger partial charge in [0.2, 0.25) is 0 Å². The van der Waals surface area contributed by atoms with Crippen LogP contribution in [0.25, 0.3) is 0 Å². The minimum absolute atomic E-state index is 0.761. The van der Waals surface area contributed by atoms with E-state index in [1.807, 2.05) is 72.8 Å². The zero-order valence-corrected chi connectivity index (χ0v) is 17.5. The van der Waals surface area contributed by atoms with Crippen molar-refractivity contribution >= 4 is 0 Å². The molecule has 0 aliphatic carbocycles. The van der Waals surface area contributed by atoms with Crippen molar-refractivity contribution in [2.75, 3.05) is 0 Å². The Bertz CT molecular complexity index is 1180. The third kappa shape index (κ3) is 2.57. The van der Waals surface area contributed by atoms with Gasteiger partial charge < -0.3 is 9.47 Å². The van der Waals surface area contributed by atoms with Gasteiger partial charge in [-0.25, -0.2) is 0 Å². The van der Waals surface area contributed by atoms with E-state index in [1.54, 1.807) is 0 Å². The molecule has 0 amide bonds. The molecule has 6 rings (SSSR count). The molecule has 0 spiro atoms. The lowest BCUT2D eigenvalue weighted by Gasteiger charge is -2.52. The molecule has 2 heterocycles. The second-order valence-corrected chi connectivity index (χ2v) is 8.27. The van der Waals surface area contributed by atoms with Gasteiger partial charge >= 0.3 is 0 Å². The summed E-state index contributed by atoms with van der Waals surface area (Å²) in [6.45, 7) is 4.14. The van der Waals surface area contributed by atoms with E-state index in [4.69, 9.17) is 14.2 Å². The minimum atomic E-state index is -1.13. The van der Waals surface area contributed by atoms with Crippen LogP contribution in [0.2, 0.25) is 0 Å². The van der Waals surface area contributed by atoms with Crippen LogP contribution >= 0.6 is 0 Å². The van der Waals surface area contributed by atoms with Crippen LogP contribution in [-0.4, -0.2) is 0 Å². The normalized spacial score (nSPS) is 23.2. The molecular formula is C28H22O3. The molecule has 3 nitrogen and oxygen atoms in total. The van der Waals surface area contributed by atoms with Crippen molar-refractivity contribution in [2.24, 2.45) is 0 Å². The van der Waals surface area contributed by atoms with E-state index in [1.165, 1.54) is 0 Å². The maximum Gasteiger partial charge on any atom is 0.271 e. The van der Waals surface area contributed by atoms with E-state index >= 15 is 0 Å². The number of benzene rings is 4. The summed E-state index contributed by atoms with van der Waals surface area (Å²) in [6.07, 6.45) is 0. The van der Waals surface area contributed by atoms with E-state index in [0.29, 0.717) is 0 Å². The van der Waals surface area contributed by atoms with Crippen LogP contribution in [-0.2, 0) is 16.3 Å². The summed E-state index contributed by atoms with van der Waals surface area (Å²) in [5.74, 6) is -0.730. The zero-order valence-electron chi connectivity index (χ0n) is 17.5. The summed E-state index contributed by atoms with van der Waals surface area (Å²) in [5.41, 5.74) is 5.83. The molecule has 0 saturated heterocycles. The first-order valence-corrected chi connectivity index (χ1v) is 10.5. The number of rotatable bonds is 2. The lowest BCUT2D eigenvalue weighted by molar-refractivity contribution is -0.322. The zero-order chi connectivity index (χ0) is 21.1. The molecule has 2 bridgehead atoms. The second kappa shape index (κ2) is 6.47. The average molecular weight is 406 g/mol. The highest BCUT2D eigenvalue weighted by Gasteiger charge is 2.59. The van der Waals surface area contributed by atoms with Gasteiger partial charge in [0, 0.05) is 11.1 Å². The molecule has 2 aliphatic heterocycles. The summed E-state index contributed by atoms with van der Waals surface area (Å²) >= 11 is 0. The number of hydrogen-bond acceptors (Lipinski definition) is 3. The number of ether oxygens (including phenoxy) is 3. The van der Waals surface area contributed by atoms with E-state index in [9.17, 15) is 0 Å². The molecule has 0 aromatic heterocycles. The minimum Gasteiger partial charge on any atom is -0.453 e. The summed E-state index contributed by atoms with van der Waals surface area (Å²) in [6, 6.07) is 32.6. The van der Waals surface area contributed by atoms with E-state index in [0.717, 1.165) is 44.9 Å². The lowest BCUT2D eigenvalue weighted by Crippen LogP contribution is -2.56. The molecule has 2 aliphatic rings. The fourth-order valence-electron chi connectivity index (χ4n) is 4.62. The monoisotopic (exact) mass is 406 g/mol. The summed E-state index contributed by atoms with van der Waals surface area (Å²) in [5, 5.41) is 0. The average Bonchev–Trinajstić information content (AvgIpc) is 2.81. The second-order valence-electron chi connectivity index (χ2n) is 8.27. The van der Waals surface area contributed by atoms with Crippen LogP contribution in [0.4, 0.5) is 0 Å². The molecular weight excluding hydrogens is 384 g/mol. The SMILES string of the molecule is Cc1ccc2c(c1)[C@]1(c3ccccc3)Oc3ccc(C)cc3[C@](c3ccccc3)(O2)O1. The first-order chi connectivity index (χ1) is 15.1. The third-order valence-electron chi connectivity index (χ3n) is 6.08. The Morgan fingerprint density at radius 2 is 0.935 bits per heavy atom. The van der Waals surface area contributed by atoms with Crippen molar-refractivity contribution in [3.63, 3.8) is 0 Å². The smallest absolute Gasteiger partial charge is 0.271 e. The van der Waals surface area contributed by atoms with Gasteiger partial charge in [0.25, 0.3) is 11.6 Å². The Balaban J connectivity index is 1.73. The molecule has 0 unspecified atom stereocenters. The van der Waals surface area contributed by atoms with Gasteiger partial charge in [0.15, 0.2) is 0 Å². The van der Waals surface area contributed by atoms with Crippen molar-refractivity contribution < 1.29 is 14.2 Å². The Morgan fingerprint density at radius 1 is 0.516 bits per heavy atom. The quantitative estimate of drug-likeness (QED) is 0.396. The highest BCUT2D eigenvalue weighted by Crippen LogP contribution is 2.58. The van der Waals surface area contributed by atoms with Gasteiger partial charge in [-0.3, -0.25) is 4.74 Å². The van der Waals surface area contributed by atoms with Gasteiger partial charge in [-0.1, -0.05) is 83.9 Å². The molecule has 4 aromatic carbocycles. The van der Waals surface area contributed by atoms with Gasteiger partial charge in [0.05, 0.1) is 11.1 Å². The van der Waals surface area contributed by atoms with Gasteiger partial charge in [-0.05, 0) is 38.1 Å². The first-order valence-electron chi connectivity index (χ1n) is 10.5. The molecule has 152 valence electrons. The van der Waals surface area contributed by atoms with Gasteiger partial charge in [-0.2, -0.15) is 0 Å². The molecule has 31 heavy (non-hydrogen) atoms. The van der Waals surface area contributed by atoms with Crippen LogP contribution in [0.5, 0.6) is 11.5 Å². The first kappa shape index (κ1) is 18.2. The predicted octanol–water partition coefficient (Wildman–Crippen LogP) is 6.21. The number of fused-ring (bicyclic) bond motifs is 6. The third-order valence-corrected chi connectivity index (χ3v) is 6.08. The summed E-state index contributed by atoms with van der Waals surface area (Å²) in [4.78, 5) is 0. The predicted molar refractivity (Wildman–Crippen MR) is 119 cm³/mol. The summed E-state index contributed by atoms with van der Waals surface area (Å²) < 4.78 is 20.5. The van der Waals surface area contributed by atoms with Gasteiger partial charge in [0.1, 0.15) is 11.5 Å². The van der Waals surface area contributed by atoms with Crippen molar-refractivity contribution in [3.8, 4) is 11.5 Å². The molecule has 0 fully saturated rings. The molecule has 4 aromatic rings. The van der Waals surface area contributed by atoms with Crippen molar-refractivity contribution in [2.45, 2.75) is 25.4 Å². The van der Waals surface area contributed by atoms with Crippen LogP contribution < -0.4 is 9.47 Å². The highest BCUT2D eigenvalue weighted by atomic mass is 16.8. The van der Waals surface area contributed by atoms with Gasteiger partial charge in [-0.15, -0.1) is 0 Å². The van der Waals surface area contributed by atoms with E-state index in [-0.39, 0.29) is 0 Å². The van der Waals surface area contributed by atoms with E-state index < -0.39 is 11.6 Å². The Labute approximate surface area is 181 Å².